The average molecular weight is 615 g/mol. The van der Waals surface area contributed by atoms with Gasteiger partial charge in [0.2, 0.25) is 0 Å². The number of carbonyl (C=O) groups is 2. The van der Waals surface area contributed by atoms with E-state index in [0.29, 0.717) is 29.3 Å². The topological polar surface area (TPSA) is 118 Å². The fourth-order valence-corrected chi connectivity index (χ4v) is 4.59. The molecule has 1 fully saturated rings. The number of carbonyl (C=O) groups excluding carboxylic acids is 2. The van der Waals surface area contributed by atoms with Crippen LogP contribution < -0.4 is 19.8 Å². The highest BCUT2D eigenvalue weighted by molar-refractivity contribution is 7.98. The summed E-state index contributed by atoms with van der Waals surface area (Å²) in [5.74, 6) is -1.89. The van der Waals surface area contributed by atoms with Gasteiger partial charge in [0.05, 0.1) is 6.61 Å². The Kier molecular flexibility index (Phi) is 11.4. The number of ether oxygens (including phenoxy) is 3. The lowest BCUT2D eigenvalue weighted by molar-refractivity contribution is -0.377. The van der Waals surface area contributed by atoms with Gasteiger partial charge in [0, 0.05) is 22.6 Å². The zero-order valence-corrected chi connectivity index (χ0v) is 23.5. The molecule has 1 saturated carbocycles. The van der Waals surface area contributed by atoms with Gasteiger partial charge in [-0.25, -0.2) is 9.78 Å². The van der Waals surface area contributed by atoms with E-state index in [9.17, 15) is 18.4 Å². The number of halogens is 4. The van der Waals surface area contributed by atoms with Crippen molar-refractivity contribution in [3.8, 4) is 11.5 Å². The van der Waals surface area contributed by atoms with E-state index in [4.69, 9.17) is 32.7 Å². The molecule has 8 nitrogen and oxygen atoms in total. The van der Waals surface area contributed by atoms with Gasteiger partial charge >= 0.3 is 18.5 Å². The van der Waals surface area contributed by atoms with Gasteiger partial charge in [-0.1, -0.05) is 29.3 Å². The van der Waals surface area contributed by atoms with Crippen LogP contribution in [0.2, 0.25) is 10.0 Å². The number of aromatic amines is 1. The van der Waals surface area contributed by atoms with Gasteiger partial charge in [-0.15, -0.1) is 11.8 Å². The van der Waals surface area contributed by atoms with Crippen molar-refractivity contribution in [2.45, 2.75) is 36.9 Å². The number of hydrogen-bond acceptors (Lipinski definition) is 7. The van der Waals surface area contributed by atoms with Crippen LogP contribution in [0.4, 0.5) is 14.5 Å². The number of hydrogen-bond donors (Lipinski definition) is 1. The number of nitrogens with one attached hydrogen (secondary N) is 2. The van der Waals surface area contributed by atoms with Crippen molar-refractivity contribution in [2.75, 3.05) is 18.2 Å². The molecule has 1 aromatic heterocycles. The number of rotatable bonds is 11. The Morgan fingerprint density at radius 2 is 1.75 bits per heavy atom. The predicted octanol–water partition coefficient (Wildman–Crippen LogP) is 6.21. The van der Waals surface area contributed by atoms with Gasteiger partial charge < -0.3 is 25.0 Å². The second kappa shape index (κ2) is 14.5. The van der Waals surface area contributed by atoms with Crippen LogP contribution in [-0.4, -0.2) is 36.8 Å². The SMILES string of the molecule is CSc1ccc(NC(=O)C(=O)O[C@@H](Cc2c(Cl)c[nH+]cc2Cl)c2ccc(OC(F)F)c(OCC3CC3)c2)cc1.[OH-]. The third-order valence-electron chi connectivity index (χ3n) is 5.90. The number of thioether (sulfide) groups is 1. The van der Waals surface area contributed by atoms with Crippen LogP contribution in [0.15, 0.2) is 59.8 Å². The number of aromatic nitrogens is 1. The summed E-state index contributed by atoms with van der Waals surface area (Å²) in [5.41, 5.74) is 1.24. The molecule has 0 bridgehead atoms. The highest BCUT2D eigenvalue weighted by Gasteiger charge is 2.28. The zero-order chi connectivity index (χ0) is 27.9. The highest BCUT2D eigenvalue weighted by atomic mass is 35.5. The fraction of sp³-hybridized carbons (Fsp3) is 0.296. The molecule has 1 amide bonds. The number of esters is 1. The van der Waals surface area contributed by atoms with Gasteiger partial charge in [0.1, 0.15) is 16.1 Å². The Morgan fingerprint density at radius 3 is 2.35 bits per heavy atom. The lowest BCUT2D eigenvalue weighted by atomic mass is 10.0. The largest absolute Gasteiger partial charge is 0.870 e. The molecule has 1 heterocycles. The third-order valence-corrected chi connectivity index (χ3v) is 7.31. The normalized spacial score (nSPS) is 13.2. The predicted molar refractivity (Wildman–Crippen MR) is 146 cm³/mol. The summed E-state index contributed by atoms with van der Waals surface area (Å²) in [7, 11) is 0. The van der Waals surface area contributed by atoms with E-state index in [-0.39, 0.29) is 33.4 Å². The fourth-order valence-electron chi connectivity index (χ4n) is 3.65. The van der Waals surface area contributed by atoms with Crippen LogP contribution in [0.3, 0.4) is 0 Å². The number of amides is 1. The van der Waals surface area contributed by atoms with Crippen LogP contribution in [0, 0.1) is 5.92 Å². The molecule has 0 spiro atoms. The lowest BCUT2D eigenvalue weighted by Crippen LogP contribution is -2.27. The van der Waals surface area contributed by atoms with Crippen LogP contribution in [0.1, 0.15) is 30.1 Å². The molecule has 0 unspecified atom stereocenters. The average Bonchev–Trinajstić information content (AvgIpc) is 3.74. The summed E-state index contributed by atoms with van der Waals surface area (Å²) >= 11 is 14.2. The molecule has 3 N–H and O–H groups in total. The highest BCUT2D eigenvalue weighted by Crippen LogP contribution is 2.37. The molecule has 2 aromatic carbocycles. The van der Waals surface area contributed by atoms with Crippen molar-refractivity contribution in [3.05, 3.63) is 76.0 Å². The molecule has 0 radical (unpaired) electrons. The molecule has 3 aromatic rings. The van der Waals surface area contributed by atoms with Crippen molar-refractivity contribution < 1.29 is 43.0 Å². The van der Waals surface area contributed by atoms with E-state index in [2.05, 4.69) is 15.0 Å². The first-order valence-electron chi connectivity index (χ1n) is 11.9. The van der Waals surface area contributed by atoms with Gasteiger partial charge in [0.25, 0.3) is 0 Å². The van der Waals surface area contributed by atoms with Gasteiger partial charge in [-0.2, -0.15) is 8.78 Å². The lowest BCUT2D eigenvalue weighted by Gasteiger charge is -2.21. The Hall–Kier alpha value is -3.12. The Labute approximate surface area is 243 Å². The quantitative estimate of drug-likeness (QED) is 0.155. The van der Waals surface area contributed by atoms with Crippen LogP contribution in [0.25, 0.3) is 0 Å². The van der Waals surface area contributed by atoms with Crippen molar-refractivity contribution in [1.29, 1.82) is 0 Å². The van der Waals surface area contributed by atoms with E-state index in [0.717, 1.165) is 17.7 Å². The molecule has 4 rings (SSSR count). The number of H-pyrrole nitrogens is 1. The first-order valence-corrected chi connectivity index (χ1v) is 13.9. The summed E-state index contributed by atoms with van der Waals surface area (Å²) in [5, 5.41) is 3.07. The summed E-state index contributed by atoms with van der Waals surface area (Å²) in [4.78, 5) is 29.3. The first kappa shape index (κ1) is 31.4. The number of benzene rings is 2. The molecule has 214 valence electrons. The maximum Gasteiger partial charge on any atom is 0.397 e. The van der Waals surface area contributed by atoms with Gasteiger partial charge in [0.15, 0.2) is 23.9 Å². The van der Waals surface area contributed by atoms with Crippen LogP contribution in [-0.2, 0) is 20.7 Å². The Balaban J connectivity index is 0.00000441. The molecule has 1 aliphatic carbocycles. The molecule has 0 aliphatic heterocycles. The number of anilines is 1. The Morgan fingerprint density at radius 1 is 1.07 bits per heavy atom. The molecule has 13 heteroatoms. The minimum absolute atomic E-state index is 0. The van der Waals surface area contributed by atoms with E-state index in [1.54, 1.807) is 24.3 Å². The van der Waals surface area contributed by atoms with Gasteiger partial charge in [-0.3, -0.25) is 4.79 Å². The van der Waals surface area contributed by atoms with E-state index < -0.39 is 24.6 Å². The monoisotopic (exact) mass is 614 g/mol. The smallest absolute Gasteiger partial charge is 0.397 e. The standard InChI is InChI=1S/C27H24Cl2F2N2O5S.H2O/c1-39-18-7-5-17(6-8-18)33-25(34)26(35)37-23(11-19-20(28)12-32-13-21(19)29)16-4-9-22(38-27(30)31)24(10-16)36-14-15-2-3-15;/h4-10,12-13,15,23,27H,2-3,11,14H2,1H3,(H,33,34);1H2/t23-;/m0./s1. The summed E-state index contributed by atoms with van der Waals surface area (Å²) < 4.78 is 42.0. The minimum atomic E-state index is -3.06. The maximum absolute atomic E-state index is 13.0. The van der Waals surface area contributed by atoms with Gasteiger partial charge in [-0.05, 0) is 67.0 Å². The van der Waals surface area contributed by atoms with Crippen molar-refractivity contribution in [2.24, 2.45) is 5.92 Å². The van der Waals surface area contributed by atoms with Crippen LogP contribution >= 0.6 is 35.0 Å². The van der Waals surface area contributed by atoms with E-state index in [1.165, 1.54) is 42.4 Å². The third kappa shape index (κ3) is 8.69. The molecule has 0 saturated heterocycles. The van der Waals surface area contributed by atoms with E-state index >= 15 is 0 Å². The molecular weight excluding hydrogens is 589 g/mol. The summed E-state index contributed by atoms with van der Waals surface area (Å²) in [6.07, 6.45) is 5.84. The Bertz CT molecular complexity index is 1310. The second-order valence-electron chi connectivity index (χ2n) is 8.75. The maximum atomic E-state index is 13.0. The zero-order valence-electron chi connectivity index (χ0n) is 21.2. The summed E-state index contributed by atoms with van der Waals surface area (Å²) in [6.45, 7) is -2.73. The second-order valence-corrected chi connectivity index (χ2v) is 10.4. The first-order chi connectivity index (χ1) is 18.7. The molecular formula is C27H26Cl2F2N2O6S. The number of pyridine rings is 1. The molecule has 1 aliphatic rings. The van der Waals surface area contributed by atoms with Crippen LogP contribution in [0.5, 0.6) is 11.5 Å². The van der Waals surface area contributed by atoms with Crippen molar-refractivity contribution >= 4 is 52.5 Å². The molecule has 40 heavy (non-hydrogen) atoms. The van der Waals surface area contributed by atoms with Crippen molar-refractivity contribution in [1.82, 2.24) is 0 Å². The van der Waals surface area contributed by atoms with Crippen molar-refractivity contribution in [3.63, 3.8) is 0 Å². The van der Waals surface area contributed by atoms with E-state index in [1.807, 2.05) is 6.26 Å². The summed E-state index contributed by atoms with van der Waals surface area (Å²) in [6, 6.07) is 11.1. The number of alkyl halides is 2. The minimum Gasteiger partial charge on any atom is -0.870 e. The molecule has 1 atom stereocenters.